The van der Waals surface area contributed by atoms with E-state index in [9.17, 15) is 18.4 Å². The summed E-state index contributed by atoms with van der Waals surface area (Å²) in [5, 5.41) is 0. The number of fused-ring (bicyclic) bond motifs is 1. The normalized spacial score (nSPS) is 19.8. The third-order valence-corrected chi connectivity index (χ3v) is 5.83. The molecule has 2 heterocycles. The number of hydrogen-bond acceptors (Lipinski definition) is 6. The molecule has 3 aliphatic rings. The van der Waals surface area contributed by atoms with Crippen molar-refractivity contribution in [3.63, 3.8) is 0 Å². The number of nitrogens with zero attached hydrogens (tertiary/aromatic N) is 2. The number of aromatic nitrogens is 2. The Kier molecular flexibility index (Phi) is 4.28. The van der Waals surface area contributed by atoms with Crippen LogP contribution in [0.1, 0.15) is 41.9 Å². The summed E-state index contributed by atoms with van der Waals surface area (Å²) in [7, 11) is 0. The monoisotopic (exact) mass is 424 g/mol. The average Bonchev–Trinajstić information content (AvgIpc) is 3.47. The van der Waals surface area contributed by atoms with E-state index in [2.05, 4.69) is 19.4 Å². The molecule has 2 aliphatic carbocycles. The second-order valence-electron chi connectivity index (χ2n) is 7.97. The number of carbonyl (C=O) groups is 2. The Hall–Kier alpha value is -3.42. The molecule has 1 fully saturated rings. The van der Waals surface area contributed by atoms with E-state index >= 15 is 0 Å². The van der Waals surface area contributed by atoms with Crippen LogP contribution in [0.25, 0.3) is 5.57 Å². The lowest BCUT2D eigenvalue weighted by Crippen LogP contribution is -2.26. The van der Waals surface area contributed by atoms with Crippen molar-refractivity contribution in [3.05, 3.63) is 65.3 Å². The highest BCUT2D eigenvalue weighted by atomic mass is 19.3. The van der Waals surface area contributed by atoms with E-state index in [0.29, 0.717) is 41.9 Å². The molecule has 0 spiro atoms. The third-order valence-electron chi connectivity index (χ3n) is 5.83. The predicted molar refractivity (Wildman–Crippen MR) is 106 cm³/mol. The Bertz CT molecular complexity index is 1180. The third kappa shape index (κ3) is 3.52. The van der Waals surface area contributed by atoms with Crippen molar-refractivity contribution < 1.29 is 27.8 Å². The van der Waals surface area contributed by atoms with E-state index in [1.54, 1.807) is 24.4 Å². The topological polar surface area (TPSA) is 78.4 Å². The van der Waals surface area contributed by atoms with Crippen LogP contribution in [0.2, 0.25) is 0 Å². The van der Waals surface area contributed by atoms with Crippen LogP contribution in [-0.4, -0.2) is 27.8 Å². The molecular weight excluding hydrogens is 406 g/mol. The van der Waals surface area contributed by atoms with E-state index in [1.165, 1.54) is 18.2 Å². The van der Waals surface area contributed by atoms with Gasteiger partial charge in [0.25, 0.3) is 0 Å². The SMILES string of the molecule is Cc1ncc(CC(=O)C2(c3ccc4c(c3)OC(F)(F)O4)CC2)nc1C1=CCC(=O)C=C1. The van der Waals surface area contributed by atoms with Crippen LogP contribution >= 0.6 is 0 Å². The van der Waals surface area contributed by atoms with Gasteiger partial charge in [-0.2, -0.15) is 0 Å². The Labute approximate surface area is 176 Å². The number of hydrogen-bond donors (Lipinski definition) is 0. The first-order chi connectivity index (χ1) is 14.8. The average molecular weight is 424 g/mol. The standard InChI is InChI=1S/C23H18F2N2O4/c1-13-21(14-2-5-17(28)6-3-14)27-16(12-26-13)11-20(29)22(8-9-22)15-4-7-18-19(10-15)31-23(24,25)30-18/h2-5,7,10,12H,6,8-9,11H2,1H3. The number of aryl methyl sites for hydroxylation is 1. The zero-order valence-electron chi connectivity index (χ0n) is 16.7. The summed E-state index contributed by atoms with van der Waals surface area (Å²) in [5.74, 6) is -0.133. The summed E-state index contributed by atoms with van der Waals surface area (Å²) in [5.41, 5.74) is 2.57. The van der Waals surface area contributed by atoms with Gasteiger partial charge in [0.15, 0.2) is 17.3 Å². The zero-order chi connectivity index (χ0) is 21.8. The lowest BCUT2D eigenvalue weighted by molar-refractivity contribution is -0.286. The minimum absolute atomic E-state index is 0.0258. The molecule has 2 aromatic rings. The first-order valence-electron chi connectivity index (χ1n) is 9.93. The van der Waals surface area contributed by atoms with Gasteiger partial charge in [-0.3, -0.25) is 14.6 Å². The molecule has 0 radical (unpaired) electrons. The number of Topliss-reactive ketones (excluding diaryl/α,β-unsaturated/α-hetero) is 1. The lowest BCUT2D eigenvalue weighted by atomic mass is 9.88. The van der Waals surface area contributed by atoms with Crippen LogP contribution in [-0.2, 0) is 21.4 Å². The number of benzene rings is 1. The molecule has 1 aliphatic heterocycles. The maximum Gasteiger partial charge on any atom is 0.586 e. The highest BCUT2D eigenvalue weighted by Crippen LogP contribution is 2.52. The summed E-state index contributed by atoms with van der Waals surface area (Å²) < 4.78 is 35.6. The summed E-state index contributed by atoms with van der Waals surface area (Å²) in [6.45, 7) is 1.82. The van der Waals surface area contributed by atoms with E-state index < -0.39 is 11.7 Å². The van der Waals surface area contributed by atoms with Gasteiger partial charge in [0.1, 0.15) is 5.78 Å². The van der Waals surface area contributed by atoms with Crippen LogP contribution in [0, 0.1) is 6.92 Å². The molecule has 1 aromatic heterocycles. The second kappa shape index (κ2) is 6.80. The molecule has 31 heavy (non-hydrogen) atoms. The molecule has 0 amide bonds. The van der Waals surface area contributed by atoms with Crippen molar-refractivity contribution in [1.82, 2.24) is 9.97 Å². The van der Waals surface area contributed by atoms with Crippen molar-refractivity contribution >= 4 is 17.1 Å². The zero-order valence-corrected chi connectivity index (χ0v) is 16.7. The molecule has 1 saturated carbocycles. The molecule has 0 atom stereocenters. The van der Waals surface area contributed by atoms with Gasteiger partial charge in [-0.25, -0.2) is 4.98 Å². The van der Waals surface area contributed by atoms with Crippen LogP contribution in [0.5, 0.6) is 11.5 Å². The van der Waals surface area contributed by atoms with E-state index in [1.807, 2.05) is 6.92 Å². The van der Waals surface area contributed by atoms with Gasteiger partial charge >= 0.3 is 6.29 Å². The van der Waals surface area contributed by atoms with E-state index in [4.69, 9.17) is 0 Å². The van der Waals surface area contributed by atoms with Gasteiger partial charge < -0.3 is 9.47 Å². The minimum atomic E-state index is -3.69. The van der Waals surface area contributed by atoms with Crippen molar-refractivity contribution in [3.8, 4) is 11.5 Å². The highest BCUT2D eigenvalue weighted by molar-refractivity contribution is 5.98. The molecule has 0 unspecified atom stereocenters. The first kappa shape index (κ1) is 19.5. The fraction of sp³-hybridized carbons (Fsp3) is 0.304. The maximum absolute atomic E-state index is 13.3. The van der Waals surface area contributed by atoms with E-state index in [0.717, 1.165) is 5.57 Å². The van der Waals surface area contributed by atoms with Crippen molar-refractivity contribution in [2.45, 2.75) is 44.3 Å². The van der Waals surface area contributed by atoms with Crippen molar-refractivity contribution in [2.75, 3.05) is 0 Å². The first-order valence-corrected chi connectivity index (χ1v) is 9.93. The summed E-state index contributed by atoms with van der Waals surface area (Å²) >= 11 is 0. The Morgan fingerprint density at radius 2 is 1.94 bits per heavy atom. The van der Waals surface area contributed by atoms with Gasteiger partial charge in [0.05, 0.1) is 28.9 Å². The Morgan fingerprint density at radius 3 is 2.65 bits per heavy atom. The second-order valence-corrected chi connectivity index (χ2v) is 7.97. The number of ketones is 2. The maximum atomic E-state index is 13.3. The van der Waals surface area contributed by atoms with Crippen LogP contribution in [0.4, 0.5) is 8.78 Å². The van der Waals surface area contributed by atoms with Crippen molar-refractivity contribution in [1.29, 1.82) is 0 Å². The fourth-order valence-electron chi connectivity index (χ4n) is 3.98. The summed E-state index contributed by atoms with van der Waals surface area (Å²) in [6, 6.07) is 4.50. The molecule has 1 aromatic carbocycles. The largest absolute Gasteiger partial charge is 0.586 e. The van der Waals surface area contributed by atoms with Crippen molar-refractivity contribution in [2.24, 2.45) is 0 Å². The lowest BCUT2D eigenvalue weighted by Gasteiger charge is -2.16. The van der Waals surface area contributed by atoms with Crippen LogP contribution < -0.4 is 9.47 Å². The van der Waals surface area contributed by atoms with Gasteiger partial charge in [0.2, 0.25) is 0 Å². The molecule has 5 rings (SSSR count). The van der Waals surface area contributed by atoms with Crippen LogP contribution in [0.15, 0.2) is 42.6 Å². The minimum Gasteiger partial charge on any atom is -0.395 e. The molecule has 6 nitrogen and oxygen atoms in total. The summed E-state index contributed by atoms with van der Waals surface area (Å²) in [4.78, 5) is 33.6. The molecule has 8 heteroatoms. The number of carbonyl (C=O) groups excluding carboxylic acids is 2. The predicted octanol–water partition coefficient (Wildman–Crippen LogP) is 3.86. The summed E-state index contributed by atoms with van der Waals surface area (Å²) in [6.07, 6.45) is 4.54. The molecule has 0 saturated heterocycles. The number of allylic oxidation sites excluding steroid dienone is 4. The Morgan fingerprint density at radius 1 is 1.16 bits per heavy atom. The fourth-order valence-corrected chi connectivity index (χ4v) is 3.98. The van der Waals surface area contributed by atoms with Gasteiger partial charge in [-0.15, -0.1) is 8.78 Å². The van der Waals surface area contributed by atoms with E-state index in [-0.39, 0.29) is 29.5 Å². The van der Waals surface area contributed by atoms with Gasteiger partial charge in [-0.05, 0) is 55.2 Å². The Balaban J connectivity index is 1.38. The molecule has 0 bridgehead atoms. The number of rotatable bonds is 5. The molecular formula is C23H18F2N2O4. The number of halogens is 2. The molecule has 158 valence electrons. The smallest absolute Gasteiger partial charge is 0.395 e. The molecule has 0 N–H and O–H groups in total. The van der Waals surface area contributed by atoms with Crippen LogP contribution in [0.3, 0.4) is 0 Å². The van der Waals surface area contributed by atoms with Gasteiger partial charge in [0, 0.05) is 12.6 Å². The highest BCUT2D eigenvalue weighted by Gasteiger charge is 2.52. The number of alkyl halides is 2. The quantitative estimate of drug-likeness (QED) is 0.725. The van der Waals surface area contributed by atoms with Gasteiger partial charge in [-0.1, -0.05) is 12.1 Å². The number of ether oxygens (including phenoxy) is 2.